The standard InChI is InChI=1S/C22H25N3O5/c1-2-27-17-8-6-16(7-9-17)24-22(23-13-18-4-3-11-28-18)25-21(26)15-5-10-19-20(12-15)30-14-29-19/h5-10,12,18H,2-4,11,13-14H2,1H3,(H2,23,24,25,26)/t18-/m1/s1. The van der Waals surface area contributed by atoms with Crippen LogP contribution in [0.4, 0.5) is 5.69 Å². The number of carbonyl (C=O) groups excluding carboxylic acids is 1. The van der Waals surface area contributed by atoms with Gasteiger partial charge in [0.1, 0.15) is 5.75 Å². The van der Waals surface area contributed by atoms with Crippen molar-refractivity contribution >= 4 is 17.6 Å². The number of ether oxygens (including phenoxy) is 4. The van der Waals surface area contributed by atoms with E-state index in [1.807, 2.05) is 31.2 Å². The van der Waals surface area contributed by atoms with Gasteiger partial charge in [-0.05, 0) is 62.2 Å². The highest BCUT2D eigenvalue weighted by molar-refractivity contribution is 6.10. The van der Waals surface area contributed by atoms with E-state index in [0.717, 1.165) is 30.9 Å². The predicted octanol–water partition coefficient (Wildman–Crippen LogP) is 3.19. The molecule has 2 aromatic carbocycles. The third-order valence-corrected chi connectivity index (χ3v) is 4.77. The van der Waals surface area contributed by atoms with Gasteiger partial charge in [-0.15, -0.1) is 0 Å². The lowest BCUT2D eigenvalue weighted by Crippen LogP contribution is -2.36. The molecule has 2 N–H and O–H groups in total. The first-order valence-electron chi connectivity index (χ1n) is 10.1. The zero-order chi connectivity index (χ0) is 20.8. The minimum absolute atomic E-state index is 0.0737. The lowest BCUT2D eigenvalue weighted by Gasteiger charge is -2.14. The van der Waals surface area contributed by atoms with Crippen LogP contribution >= 0.6 is 0 Å². The summed E-state index contributed by atoms with van der Waals surface area (Å²) < 4.78 is 21.8. The third-order valence-electron chi connectivity index (χ3n) is 4.77. The smallest absolute Gasteiger partial charge is 0.258 e. The highest BCUT2D eigenvalue weighted by atomic mass is 16.7. The summed E-state index contributed by atoms with van der Waals surface area (Å²) in [4.78, 5) is 17.4. The number of aliphatic imine (C=N–C) groups is 1. The lowest BCUT2D eigenvalue weighted by molar-refractivity contribution is 0.0975. The Hall–Kier alpha value is -3.26. The molecule has 8 heteroatoms. The number of hydrogen-bond donors (Lipinski definition) is 2. The van der Waals surface area contributed by atoms with Crippen LogP contribution in [0, 0.1) is 0 Å². The summed E-state index contributed by atoms with van der Waals surface area (Å²) in [5.74, 6) is 2.03. The van der Waals surface area contributed by atoms with Gasteiger partial charge in [-0.25, -0.2) is 4.99 Å². The first-order valence-corrected chi connectivity index (χ1v) is 10.1. The Kier molecular flexibility index (Phi) is 6.34. The number of guanidine groups is 1. The van der Waals surface area contributed by atoms with Gasteiger partial charge < -0.3 is 24.3 Å². The summed E-state index contributed by atoms with van der Waals surface area (Å²) in [5, 5.41) is 6.03. The van der Waals surface area contributed by atoms with Gasteiger partial charge in [0.05, 0.1) is 19.3 Å². The molecule has 158 valence electrons. The van der Waals surface area contributed by atoms with Gasteiger partial charge in [0, 0.05) is 17.9 Å². The predicted molar refractivity (Wildman–Crippen MR) is 113 cm³/mol. The van der Waals surface area contributed by atoms with Crippen molar-refractivity contribution in [3.63, 3.8) is 0 Å². The van der Waals surface area contributed by atoms with E-state index in [2.05, 4.69) is 15.6 Å². The quantitative estimate of drug-likeness (QED) is 0.561. The number of benzene rings is 2. The maximum atomic E-state index is 12.8. The van der Waals surface area contributed by atoms with Crippen LogP contribution in [0.25, 0.3) is 0 Å². The molecule has 0 spiro atoms. The summed E-state index contributed by atoms with van der Waals surface area (Å²) in [7, 11) is 0. The van der Waals surface area contributed by atoms with E-state index in [1.54, 1.807) is 18.2 Å². The summed E-state index contributed by atoms with van der Waals surface area (Å²) in [6, 6.07) is 12.6. The topological polar surface area (TPSA) is 90.4 Å². The van der Waals surface area contributed by atoms with Crippen molar-refractivity contribution in [2.45, 2.75) is 25.9 Å². The molecule has 1 saturated heterocycles. The molecular formula is C22H25N3O5. The van der Waals surface area contributed by atoms with Crippen molar-refractivity contribution < 1.29 is 23.7 Å². The number of carbonyl (C=O) groups is 1. The Bertz CT molecular complexity index is 907. The van der Waals surface area contributed by atoms with E-state index in [-0.39, 0.29) is 18.8 Å². The monoisotopic (exact) mass is 411 g/mol. The van der Waals surface area contributed by atoms with Crippen LogP contribution in [0.3, 0.4) is 0 Å². The number of nitrogens with zero attached hydrogens (tertiary/aromatic N) is 1. The molecule has 0 saturated carbocycles. The van der Waals surface area contributed by atoms with Crippen LogP contribution in [0.15, 0.2) is 47.5 Å². The lowest BCUT2D eigenvalue weighted by atomic mass is 10.2. The maximum absolute atomic E-state index is 12.8. The fourth-order valence-electron chi connectivity index (χ4n) is 3.25. The molecule has 2 heterocycles. The van der Waals surface area contributed by atoms with Gasteiger partial charge >= 0.3 is 0 Å². The van der Waals surface area contributed by atoms with Gasteiger partial charge in [0.25, 0.3) is 5.91 Å². The van der Waals surface area contributed by atoms with Crippen molar-refractivity contribution in [2.24, 2.45) is 4.99 Å². The van der Waals surface area contributed by atoms with Crippen molar-refractivity contribution in [3.05, 3.63) is 48.0 Å². The van der Waals surface area contributed by atoms with E-state index >= 15 is 0 Å². The highest BCUT2D eigenvalue weighted by Gasteiger charge is 2.18. The van der Waals surface area contributed by atoms with E-state index in [4.69, 9.17) is 18.9 Å². The summed E-state index contributed by atoms with van der Waals surface area (Å²) >= 11 is 0. The van der Waals surface area contributed by atoms with Crippen LogP contribution in [0.2, 0.25) is 0 Å². The van der Waals surface area contributed by atoms with Crippen LogP contribution in [-0.4, -0.2) is 44.5 Å². The largest absolute Gasteiger partial charge is 0.494 e. The van der Waals surface area contributed by atoms with Crippen molar-refractivity contribution in [3.8, 4) is 17.2 Å². The van der Waals surface area contributed by atoms with Crippen molar-refractivity contribution in [1.29, 1.82) is 0 Å². The Balaban J connectivity index is 1.47. The number of fused-ring (bicyclic) bond motifs is 1. The van der Waals surface area contributed by atoms with Crippen molar-refractivity contribution in [2.75, 3.05) is 31.9 Å². The van der Waals surface area contributed by atoms with Gasteiger partial charge in [-0.3, -0.25) is 10.1 Å². The van der Waals surface area contributed by atoms with Crippen LogP contribution in [0.5, 0.6) is 17.2 Å². The van der Waals surface area contributed by atoms with Crippen molar-refractivity contribution in [1.82, 2.24) is 5.32 Å². The molecule has 1 atom stereocenters. The first-order chi connectivity index (χ1) is 14.7. The molecule has 1 fully saturated rings. The zero-order valence-corrected chi connectivity index (χ0v) is 16.8. The fourth-order valence-corrected chi connectivity index (χ4v) is 3.25. The number of amides is 1. The summed E-state index contributed by atoms with van der Waals surface area (Å²) in [5.41, 5.74) is 1.24. The SMILES string of the molecule is CCOc1ccc(NC(=NC[C@H]2CCCO2)NC(=O)c2ccc3c(c2)OCO3)cc1. The molecule has 0 bridgehead atoms. The number of nitrogens with one attached hydrogen (secondary N) is 2. The fraction of sp³-hybridized carbons (Fsp3) is 0.364. The third kappa shape index (κ3) is 5.01. The van der Waals surface area contributed by atoms with Gasteiger partial charge in [0.2, 0.25) is 12.8 Å². The molecule has 8 nitrogen and oxygen atoms in total. The maximum Gasteiger partial charge on any atom is 0.258 e. The number of hydrogen-bond acceptors (Lipinski definition) is 6. The molecule has 30 heavy (non-hydrogen) atoms. The molecule has 2 aliphatic rings. The second kappa shape index (κ2) is 9.49. The Morgan fingerprint density at radius 3 is 2.77 bits per heavy atom. The molecule has 0 radical (unpaired) electrons. The van der Waals surface area contributed by atoms with Crippen LogP contribution in [0.1, 0.15) is 30.1 Å². The molecular weight excluding hydrogens is 386 g/mol. The van der Waals surface area contributed by atoms with E-state index in [1.165, 1.54) is 0 Å². The van der Waals surface area contributed by atoms with Crippen LogP contribution < -0.4 is 24.8 Å². The molecule has 0 aliphatic carbocycles. The summed E-state index contributed by atoms with van der Waals surface area (Å²) in [6.45, 7) is 3.93. The molecule has 1 amide bonds. The molecule has 2 aliphatic heterocycles. The summed E-state index contributed by atoms with van der Waals surface area (Å²) in [6.07, 6.45) is 2.08. The van der Waals surface area contributed by atoms with Gasteiger partial charge in [-0.2, -0.15) is 0 Å². The Morgan fingerprint density at radius 2 is 2.00 bits per heavy atom. The van der Waals surface area contributed by atoms with Crippen LogP contribution in [-0.2, 0) is 4.74 Å². The Morgan fingerprint density at radius 1 is 1.17 bits per heavy atom. The second-order valence-corrected chi connectivity index (χ2v) is 6.93. The van der Waals surface area contributed by atoms with E-state index < -0.39 is 0 Å². The first kappa shape index (κ1) is 20.0. The second-order valence-electron chi connectivity index (χ2n) is 6.93. The van der Waals surface area contributed by atoms with Gasteiger partial charge in [0.15, 0.2) is 11.5 Å². The number of rotatable bonds is 6. The minimum Gasteiger partial charge on any atom is -0.494 e. The van der Waals surface area contributed by atoms with Gasteiger partial charge in [-0.1, -0.05) is 0 Å². The average Bonchev–Trinajstić information content (AvgIpc) is 3.45. The van der Waals surface area contributed by atoms with E-state index in [0.29, 0.717) is 36.2 Å². The number of anilines is 1. The molecule has 2 aromatic rings. The zero-order valence-electron chi connectivity index (χ0n) is 16.8. The normalized spacial score (nSPS) is 17.6. The molecule has 4 rings (SSSR count). The minimum atomic E-state index is -0.294. The Labute approximate surface area is 175 Å². The van der Waals surface area contributed by atoms with E-state index in [9.17, 15) is 4.79 Å². The average molecular weight is 411 g/mol. The molecule has 0 unspecified atom stereocenters. The highest BCUT2D eigenvalue weighted by Crippen LogP contribution is 2.32. The molecule has 0 aromatic heterocycles.